The van der Waals surface area contributed by atoms with Crippen LogP contribution in [0.5, 0.6) is 0 Å². The number of hydrogen-bond donors (Lipinski definition) is 1. The van der Waals surface area contributed by atoms with Crippen LogP contribution in [0.4, 0.5) is 10.7 Å². The van der Waals surface area contributed by atoms with E-state index in [4.69, 9.17) is 0 Å². The van der Waals surface area contributed by atoms with Crippen molar-refractivity contribution >= 4 is 61.4 Å². The van der Waals surface area contributed by atoms with Crippen LogP contribution in [-0.4, -0.2) is 22.9 Å². The fourth-order valence-corrected chi connectivity index (χ4v) is 7.61. The zero-order valence-electron chi connectivity index (χ0n) is 20.1. The lowest BCUT2D eigenvalue weighted by Gasteiger charge is -2.37. The predicted octanol–water partition coefficient (Wildman–Crippen LogP) is 7.63. The zero-order valence-corrected chi connectivity index (χ0v) is 23.4. The van der Waals surface area contributed by atoms with Gasteiger partial charge in [0.25, 0.3) is 5.91 Å². The van der Waals surface area contributed by atoms with Crippen LogP contribution in [0, 0.1) is 11.3 Å². The molecule has 0 radical (unpaired) electrons. The van der Waals surface area contributed by atoms with E-state index in [0.717, 1.165) is 40.0 Å². The fraction of sp³-hybridized carbons (Fsp3) is 0.357. The highest BCUT2D eigenvalue weighted by Crippen LogP contribution is 2.47. The molecule has 1 aliphatic heterocycles. The van der Waals surface area contributed by atoms with Crippen molar-refractivity contribution in [2.75, 3.05) is 16.0 Å². The Kier molecular flexibility index (Phi) is 6.85. The Morgan fingerprint density at radius 2 is 1.86 bits per heavy atom. The first-order valence-corrected chi connectivity index (χ1v) is 14.6. The molecule has 35 heavy (non-hydrogen) atoms. The number of nitrogens with one attached hydrogen (secondary N) is 1. The molecule has 2 aliphatic rings. The Labute approximate surface area is 223 Å². The molecule has 1 amide bonds. The summed E-state index contributed by atoms with van der Waals surface area (Å²) in [7, 11) is 0. The Morgan fingerprint density at radius 3 is 2.54 bits per heavy atom. The largest absolute Gasteiger partial charge is 0.347 e. The molecule has 3 aromatic rings. The lowest BCUT2D eigenvalue weighted by Crippen LogP contribution is -2.47. The van der Waals surface area contributed by atoms with Crippen LogP contribution >= 0.6 is 39.0 Å². The monoisotopic (exact) mass is 568 g/mol. The molecule has 0 spiro atoms. The first kappa shape index (κ1) is 24.6. The molecule has 7 heteroatoms. The SMILES string of the molecule is CC(C)(C)[C@H]1CCc2c(sc3c2C(=O)N(c2ccccc2)[C@@H](SCC(=O)c2ccc(Br)cc2)N3)C1. The van der Waals surface area contributed by atoms with Crippen molar-refractivity contribution in [2.24, 2.45) is 11.3 Å². The van der Waals surface area contributed by atoms with Crippen molar-refractivity contribution in [1.29, 1.82) is 0 Å². The average Bonchev–Trinajstić information content (AvgIpc) is 3.21. The maximum absolute atomic E-state index is 14.0. The Bertz CT molecular complexity index is 1250. The quantitative estimate of drug-likeness (QED) is 0.321. The summed E-state index contributed by atoms with van der Waals surface area (Å²) < 4.78 is 0.944. The number of carbonyl (C=O) groups excluding carboxylic acids is 2. The molecule has 0 bridgehead atoms. The van der Waals surface area contributed by atoms with Gasteiger partial charge in [-0.2, -0.15) is 0 Å². The summed E-state index contributed by atoms with van der Waals surface area (Å²) in [6.07, 6.45) is 3.08. The van der Waals surface area contributed by atoms with E-state index < -0.39 is 0 Å². The topological polar surface area (TPSA) is 49.4 Å². The molecule has 1 aromatic heterocycles. The van der Waals surface area contributed by atoms with E-state index in [9.17, 15) is 9.59 Å². The number of nitrogens with zero attached hydrogens (tertiary/aromatic N) is 1. The van der Waals surface area contributed by atoms with Crippen molar-refractivity contribution in [3.8, 4) is 0 Å². The van der Waals surface area contributed by atoms with Crippen molar-refractivity contribution in [3.63, 3.8) is 0 Å². The summed E-state index contributed by atoms with van der Waals surface area (Å²) in [6, 6.07) is 17.2. The Morgan fingerprint density at radius 1 is 1.14 bits per heavy atom. The highest BCUT2D eigenvalue weighted by Gasteiger charge is 2.40. The van der Waals surface area contributed by atoms with Crippen LogP contribution in [0.1, 0.15) is 58.3 Å². The number of fused-ring (bicyclic) bond motifs is 3. The third-order valence-electron chi connectivity index (χ3n) is 6.98. The molecule has 0 fully saturated rings. The zero-order chi connectivity index (χ0) is 24.7. The molecule has 1 N–H and O–H groups in total. The molecule has 2 heterocycles. The first-order valence-electron chi connectivity index (χ1n) is 11.9. The first-order chi connectivity index (χ1) is 16.7. The fourth-order valence-electron chi connectivity index (χ4n) is 4.89. The lowest BCUT2D eigenvalue weighted by molar-refractivity contribution is 0.0978. The highest BCUT2D eigenvalue weighted by molar-refractivity contribution is 9.10. The minimum absolute atomic E-state index is 0.0326. The summed E-state index contributed by atoms with van der Waals surface area (Å²) in [5, 5.41) is 4.58. The van der Waals surface area contributed by atoms with Crippen molar-refractivity contribution in [1.82, 2.24) is 0 Å². The summed E-state index contributed by atoms with van der Waals surface area (Å²) in [6.45, 7) is 6.93. The summed E-state index contributed by atoms with van der Waals surface area (Å²) >= 11 is 6.62. The molecular weight excluding hydrogens is 540 g/mol. The minimum Gasteiger partial charge on any atom is -0.347 e. The van der Waals surface area contributed by atoms with Crippen molar-refractivity contribution in [3.05, 3.63) is 80.6 Å². The van der Waals surface area contributed by atoms with Crippen LogP contribution in [0.3, 0.4) is 0 Å². The van der Waals surface area contributed by atoms with E-state index in [1.54, 1.807) is 11.3 Å². The van der Waals surface area contributed by atoms with E-state index in [1.807, 2.05) is 59.5 Å². The maximum atomic E-state index is 14.0. The second kappa shape index (κ2) is 9.75. The van der Waals surface area contributed by atoms with Crippen molar-refractivity contribution < 1.29 is 9.59 Å². The molecule has 182 valence electrons. The standard InChI is InChI=1S/C28H29BrN2O2S2/c1-28(2,3)18-11-14-21-23(15-18)35-25-24(21)26(33)31(20-7-5-4-6-8-20)27(30-25)34-16-22(32)17-9-12-19(29)13-10-17/h4-10,12-13,18,27,30H,11,14-16H2,1-3H3/t18-,27-/m0/s1. The summed E-state index contributed by atoms with van der Waals surface area (Å²) in [4.78, 5) is 30.0. The molecule has 4 nitrogen and oxygen atoms in total. The molecule has 2 aromatic carbocycles. The summed E-state index contributed by atoms with van der Waals surface area (Å²) in [5.74, 6) is 0.978. The number of thiophene rings is 1. The minimum atomic E-state index is -0.352. The second-order valence-electron chi connectivity index (χ2n) is 10.3. The van der Waals surface area contributed by atoms with Crippen LogP contribution in [0.2, 0.25) is 0 Å². The maximum Gasteiger partial charge on any atom is 0.263 e. The number of hydrogen-bond acceptors (Lipinski definition) is 5. The van der Waals surface area contributed by atoms with Gasteiger partial charge in [-0.15, -0.1) is 23.1 Å². The van der Waals surface area contributed by atoms with Gasteiger partial charge in [0.2, 0.25) is 0 Å². The van der Waals surface area contributed by atoms with E-state index in [1.165, 1.54) is 22.2 Å². The molecule has 1 aliphatic carbocycles. The van der Waals surface area contributed by atoms with E-state index in [0.29, 0.717) is 11.5 Å². The smallest absolute Gasteiger partial charge is 0.263 e. The second-order valence-corrected chi connectivity index (χ2v) is 13.4. The van der Waals surface area contributed by atoms with E-state index >= 15 is 0 Å². The number of benzene rings is 2. The lowest BCUT2D eigenvalue weighted by atomic mass is 9.72. The van der Waals surface area contributed by atoms with Gasteiger partial charge in [0.1, 0.15) is 5.00 Å². The van der Waals surface area contributed by atoms with Crippen LogP contribution in [0.25, 0.3) is 0 Å². The average molecular weight is 570 g/mol. The van der Waals surface area contributed by atoms with E-state index in [2.05, 4.69) is 42.0 Å². The number of amides is 1. The number of carbonyl (C=O) groups is 2. The van der Waals surface area contributed by atoms with Crippen LogP contribution < -0.4 is 10.2 Å². The van der Waals surface area contributed by atoms with Crippen molar-refractivity contribution in [2.45, 2.75) is 45.5 Å². The summed E-state index contributed by atoms with van der Waals surface area (Å²) in [5.41, 5.74) is 3.47. The highest BCUT2D eigenvalue weighted by atomic mass is 79.9. The van der Waals surface area contributed by atoms with Crippen LogP contribution in [0.15, 0.2) is 59.1 Å². The molecule has 0 saturated heterocycles. The third-order valence-corrected chi connectivity index (χ3v) is 9.77. The molecule has 0 saturated carbocycles. The third kappa shape index (κ3) is 4.95. The van der Waals surface area contributed by atoms with Gasteiger partial charge < -0.3 is 5.32 Å². The van der Waals surface area contributed by atoms with Gasteiger partial charge in [0, 0.05) is 20.6 Å². The number of thioether (sulfide) groups is 1. The van der Waals surface area contributed by atoms with Gasteiger partial charge in [0.05, 0.1) is 11.3 Å². The van der Waals surface area contributed by atoms with Gasteiger partial charge in [-0.25, -0.2) is 0 Å². The Balaban J connectivity index is 1.44. The predicted molar refractivity (Wildman–Crippen MR) is 151 cm³/mol. The van der Waals surface area contributed by atoms with Gasteiger partial charge in [-0.05, 0) is 60.4 Å². The number of ketones is 1. The number of Topliss-reactive ketones (excluding diaryl/α,β-unsaturated/α-hetero) is 1. The number of anilines is 2. The van der Waals surface area contributed by atoms with Gasteiger partial charge in [-0.1, -0.05) is 67.0 Å². The normalized spacial score (nSPS) is 19.7. The Hall–Kier alpha value is -2.09. The number of para-hydroxylation sites is 1. The molecule has 0 unspecified atom stereocenters. The van der Waals surface area contributed by atoms with Gasteiger partial charge >= 0.3 is 0 Å². The van der Waals surface area contributed by atoms with Crippen LogP contribution in [-0.2, 0) is 12.8 Å². The number of halogens is 1. The van der Waals surface area contributed by atoms with E-state index in [-0.39, 0.29) is 28.4 Å². The number of rotatable bonds is 5. The molecule has 5 rings (SSSR count). The molecular formula is C28H29BrN2O2S2. The molecule has 2 atom stereocenters. The van der Waals surface area contributed by atoms with Gasteiger partial charge in [-0.3, -0.25) is 14.5 Å². The van der Waals surface area contributed by atoms with Gasteiger partial charge in [0.15, 0.2) is 11.3 Å².